The van der Waals surface area contributed by atoms with E-state index in [-0.39, 0.29) is 11.1 Å². The molecular formula is C15H16ClN3O3. The largest absolute Gasteiger partial charge is 0.478 e. The van der Waals surface area contributed by atoms with E-state index in [1.54, 1.807) is 12.1 Å². The van der Waals surface area contributed by atoms with Crippen LogP contribution in [0.3, 0.4) is 0 Å². The van der Waals surface area contributed by atoms with Gasteiger partial charge in [-0.15, -0.1) is 11.6 Å². The number of nitrogens with one attached hydrogen (secondary N) is 2. The predicted octanol–water partition coefficient (Wildman–Crippen LogP) is 1.63. The normalized spacial score (nSPS) is 10.6. The van der Waals surface area contributed by atoms with Gasteiger partial charge in [0.1, 0.15) is 11.6 Å². The van der Waals surface area contributed by atoms with Crippen LogP contribution in [0.25, 0.3) is 0 Å². The number of carbonyl (C=O) groups is 2. The van der Waals surface area contributed by atoms with E-state index in [1.165, 1.54) is 18.3 Å². The second-order valence-electron chi connectivity index (χ2n) is 4.35. The van der Waals surface area contributed by atoms with Crippen LogP contribution in [0.1, 0.15) is 22.3 Å². The predicted molar refractivity (Wildman–Crippen MR) is 82.3 cm³/mol. The summed E-state index contributed by atoms with van der Waals surface area (Å²) in [5, 5.41) is 23.2. The topological polar surface area (TPSA) is 102 Å². The molecule has 1 amide bonds. The van der Waals surface area contributed by atoms with Crippen molar-refractivity contribution in [3.63, 3.8) is 0 Å². The van der Waals surface area contributed by atoms with E-state index in [2.05, 4.69) is 10.6 Å². The number of benzene rings is 1. The van der Waals surface area contributed by atoms with Crippen LogP contribution in [0.4, 0.5) is 0 Å². The third kappa shape index (κ3) is 5.85. The Labute approximate surface area is 133 Å². The zero-order valence-electron chi connectivity index (χ0n) is 11.8. The van der Waals surface area contributed by atoms with Gasteiger partial charge in [0.2, 0.25) is 0 Å². The van der Waals surface area contributed by atoms with Crippen molar-refractivity contribution in [3.05, 3.63) is 47.2 Å². The van der Waals surface area contributed by atoms with E-state index in [9.17, 15) is 9.59 Å². The number of alkyl halides is 1. The highest BCUT2D eigenvalue weighted by Crippen LogP contribution is 2.04. The van der Waals surface area contributed by atoms with Crippen LogP contribution >= 0.6 is 11.6 Å². The summed E-state index contributed by atoms with van der Waals surface area (Å²) in [6.07, 6.45) is 1.97. The van der Waals surface area contributed by atoms with Crippen LogP contribution < -0.4 is 10.6 Å². The molecule has 0 heterocycles. The summed E-state index contributed by atoms with van der Waals surface area (Å²) in [4.78, 5) is 22.4. The molecular weight excluding hydrogens is 306 g/mol. The second-order valence-corrected chi connectivity index (χ2v) is 4.73. The number of nitrogens with zero attached hydrogens (tertiary/aromatic N) is 1. The molecule has 0 aromatic heterocycles. The summed E-state index contributed by atoms with van der Waals surface area (Å²) in [6, 6.07) is 8.13. The molecule has 22 heavy (non-hydrogen) atoms. The Bertz CT molecular complexity index is 591. The number of carboxylic acid groups (broad SMARTS) is 1. The fourth-order valence-electron chi connectivity index (χ4n) is 1.55. The molecule has 0 unspecified atom stereocenters. The van der Waals surface area contributed by atoms with Gasteiger partial charge in [-0.25, -0.2) is 4.79 Å². The van der Waals surface area contributed by atoms with Gasteiger partial charge in [0.25, 0.3) is 5.91 Å². The highest BCUT2D eigenvalue weighted by Gasteiger charge is 2.07. The standard InChI is InChI=1S/C15H16ClN3O3/c16-6-1-7-19-14(20)13(8-17)10-18-9-11-2-4-12(5-3-11)15(21)22/h2-5,10,18H,1,6-7,9H2,(H,19,20)(H,21,22)/b13-10-. The molecule has 7 heteroatoms. The lowest BCUT2D eigenvalue weighted by Crippen LogP contribution is -2.26. The zero-order chi connectivity index (χ0) is 16.4. The molecule has 1 aromatic carbocycles. The number of hydrogen-bond acceptors (Lipinski definition) is 4. The van der Waals surface area contributed by atoms with E-state index in [1.807, 2.05) is 6.07 Å². The quantitative estimate of drug-likeness (QED) is 0.292. The molecule has 6 nitrogen and oxygen atoms in total. The number of hydrogen-bond donors (Lipinski definition) is 3. The molecule has 0 radical (unpaired) electrons. The monoisotopic (exact) mass is 321 g/mol. The Hall–Kier alpha value is -2.52. The van der Waals surface area contributed by atoms with Gasteiger partial charge in [-0.2, -0.15) is 5.26 Å². The molecule has 0 saturated heterocycles. The van der Waals surface area contributed by atoms with E-state index in [0.29, 0.717) is 25.4 Å². The summed E-state index contributed by atoms with van der Waals surface area (Å²) >= 11 is 5.50. The third-order valence-electron chi connectivity index (χ3n) is 2.71. The molecule has 0 aliphatic rings. The number of rotatable bonds is 8. The van der Waals surface area contributed by atoms with Crippen molar-refractivity contribution in [2.24, 2.45) is 0 Å². The van der Waals surface area contributed by atoms with Crippen molar-refractivity contribution in [2.75, 3.05) is 12.4 Å². The molecule has 0 aliphatic carbocycles. The maximum absolute atomic E-state index is 11.7. The minimum atomic E-state index is -0.986. The Morgan fingerprint density at radius 1 is 1.32 bits per heavy atom. The zero-order valence-corrected chi connectivity index (χ0v) is 12.6. The molecule has 1 aromatic rings. The van der Waals surface area contributed by atoms with Crippen LogP contribution in [0.15, 0.2) is 36.0 Å². The van der Waals surface area contributed by atoms with E-state index in [0.717, 1.165) is 5.56 Å². The van der Waals surface area contributed by atoms with Gasteiger partial charge >= 0.3 is 5.97 Å². The van der Waals surface area contributed by atoms with Gasteiger partial charge in [-0.05, 0) is 24.1 Å². The van der Waals surface area contributed by atoms with E-state index < -0.39 is 11.9 Å². The van der Waals surface area contributed by atoms with Crippen LogP contribution in [-0.2, 0) is 11.3 Å². The first-order chi connectivity index (χ1) is 10.6. The lowest BCUT2D eigenvalue weighted by molar-refractivity contribution is -0.117. The highest BCUT2D eigenvalue weighted by molar-refractivity contribution is 6.17. The van der Waals surface area contributed by atoms with Gasteiger partial charge in [-0.3, -0.25) is 4.79 Å². The average molecular weight is 322 g/mol. The van der Waals surface area contributed by atoms with Crippen LogP contribution in [-0.4, -0.2) is 29.4 Å². The second kappa shape index (κ2) is 9.42. The SMILES string of the molecule is N#C/C(=C/NCc1ccc(C(=O)O)cc1)C(=O)NCCCCl. The molecule has 0 aliphatic heterocycles. The molecule has 1 rings (SSSR count). The van der Waals surface area contributed by atoms with Crippen LogP contribution in [0.2, 0.25) is 0 Å². The number of nitriles is 1. The maximum atomic E-state index is 11.7. The first kappa shape index (κ1) is 17.5. The first-order valence-electron chi connectivity index (χ1n) is 6.58. The summed E-state index contributed by atoms with van der Waals surface area (Å²) < 4.78 is 0. The number of halogens is 1. The Kier molecular flexibility index (Phi) is 7.51. The fourth-order valence-corrected chi connectivity index (χ4v) is 1.68. The van der Waals surface area contributed by atoms with E-state index in [4.69, 9.17) is 22.0 Å². The minimum absolute atomic E-state index is 0.0308. The maximum Gasteiger partial charge on any atom is 0.335 e. The van der Waals surface area contributed by atoms with Gasteiger partial charge in [0.15, 0.2) is 0 Å². The summed E-state index contributed by atoms with van der Waals surface area (Å²) in [5.74, 6) is -1.00. The molecule has 116 valence electrons. The summed E-state index contributed by atoms with van der Waals surface area (Å²) in [6.45, 7) is 0.790. The van der Waals surface area contributed by atoms with Crippen molar-refractivity contribution in [2.45, 2.75) is 13.0 Å². The fraction of sp³-hybridized carbons (Fsp3) is 0.267. The van der Waals surface area contributed by atoms with Crippen LogP contribution in [0.5, 0.6) is 0 Å². The number of aromatic carboxylic acids is 1. The lowest BCUT2D eigenvalue weighted by atomic mass is 10.1. The highest BCUT2D eigenvalue weighted by atomic mass is 35.5. The smallest absolute Gasteiger partial charge is 0.335 e. The molecule has 0 bridgehead atoms. The number of amides is 1. The molecule has 0 atom stereocenters. The molecule has 0 spiro atoms. The first-order valence-corrected chi connectivity index (χ1v) is 7.12. The number of carboxylic acids is 1. The van der Waals surface area contributed by atoms with Gasteiger partial charge in [0.05, 0.1) is 5.56 Å². The van der Waals surface area contributed by atoms with Crippen molar-refractivity contribution in [1.29, 1.82) is 5.26 Å². The summed E-state index contributed by atoms with van der Waals surface area (Å²) in [7, 11) is 0. The minimum Gasteiger partial charge on any atom is -0.478 e. The van der Waals surface area contributed by atoms with Crippen molar-refractivity contribution in [1.82, 2.24) is 10.6 Å². The summed E-state index contributed by atoms with van der Waals surface area (Å²) in [5.41, 5.74) is 1.01. The Morgan fingerprint density at radius 3 is 2.55 bits per heavy atom. The molecule has 3 N–H and O–H groups in total. The third-order valence-corrected chi connectivity index (χ3v) is 2.98. The molecule has 0 fully saturated rings. The Morgan fingerprint density at radius 2 is 2.00 bits per heavy atom. The van der Waals surface area contributed by atoms with Gasteiger partial charge in [0, 0.05) is 25.2 Å². The van der Waals surface area contributed by atoms with Gasteiger partial charge < -0.3 is 15.7 Å². The number of carbonyl (C=O) groups excluding carboxylic acids is 1. The van der Waals surface area contributed by atoms with Crippen LogP contribution in [0, 0.1) is 11.3 Å². The van der Waals surface area contributed by atoms with Crippen molar-refractivity contribution < 1.29 is 14.7 Å². The average Bonchev–Trinajstić information content (AvgIpc) is 2.52. The van der Waals surface area contributed by atoms with Gasteiger partial charge in [-0.1, -0.05) is 12.1 Å². The van der Waals surface area contributed by atoms with Crippen molar-refractivity contribution in [3.8, 4) is 6.07 Å². The molecule has 0 saturated carbocycles. The Balaban J connectivity index is 2.53. The van der Waals surface area contributed by atoms with Crippen molar-refractivity contribution >= 4 is 23.5 Å². The van der Waals surface area contributed by atoms with E-state index >= 15 is 0 Å². The lowest BCUT2D eigenvalue weighted by Gasteiger charge is -2.05.